The van der Waals surface area contributed by atoms with Crippen LogP contribution in [0, 0.1) is 11.8 Å². The van der Waals surface area contributed by atoms with E-state index < -0.39 is 0 Å². The van der Waals surface area contributed by atoms with Crippen molar-refractivity contribution in [3.8, 4) is 17.6 Å². The number of hydrogen-bond acceptors (Lipinski definition) is 1. The predicted molar refractivity (Wildman–Crippen MR) is 77.4 cm³/mol. The van der Waals surface area contributed by atoms with E-state index in [0.717, 1.165) is 21.3 Å². The third kappa shape index (κ3) is 3.26. The molecule has 18 heavy (non-hydrogen) atoms. The van der Waals surface area contributed by atoms with Crippen LogP contribution in [0.25, 0.3) is 0 Å². The maximum absolute atomic E-state index is 5.30. The SMILES string of the molecule is C=COc1ccccc1C#Cc1cccc(Br)c1. The van der Waals surface area contributed by atoms with Crippen molar-refractivity contribution in [2.75, 3.05) is 0 Å². The fourth-order valence-electron chi connectivity index (χ4n) is 1.47. The van der Waals surface area contributed by atoms with Gasteiger partial charge in [0.1, 0.15) is 5.75 Å². The van der Waals surface area contributed by atoms with Crippen molar-refractivity contribution < 1.29 is 4.74 Å². The number of ether oxygens (including phenoxy) is 1. The first-order valence-electron chi connectivity index (χ1n) is 5.44. The third-order valence-electron chi connectivity index (χ3n) is 2.26. The summed E-state index contributed by atoms with van der Waals surface area (Å²) in [6, 6.07) is 15.5. The molecular formula is C16H11BrO. The molecule has 0 heterocycles. The van der Waals surface area contributed by atoms with Gasteiger partial charge in [-0.05, 0) is 30.3 Å². The fraction of sp³-hybridized carbons (Fsp3) is 0. The van der Waals surface area contributed by atoms with Gasteiger partial charge >= 0.3 is 0 Å². The Kier molecular flexibility index (Phi) is 4.22. The average molecular weight is 299 g/mol. The van der Waals surface area contributed by atoms with Crippen LogP contribution in [-0.4, -0.2) is 0 Å². The molecule has 0 amide bonds. The Hall–Kier alpha value is -1.98. The first kappa shape index (κ1) is 12.5. The van der Waals surface area contributed by atoms with Gasteiger partial charge in [0.25, 0.3) is 0 Å². The van der Waals surface area contributed by atoms with Crippen molar-refractivity contribution >= 4 is 15.9 Å². The Morgan fingerprint density at radius 3 is 2.67 bits per heavy atom. The number of hydrogen-bond donors (Lipinski definition) is 0. The normalized spacial score (nSPS) is 9.17. The lowest BCUT2D eigenvalue weighted by molar-refractivity contribution is 0.482. The second-order valence-corrected chi connectivity index (χ2v) is 4.46. The second-order valence-electron chi connectivity index (χ2n) is 3.54. The molecule has 2 heteroatoms. The summed E-state index contributed by atoms with van der Waals surface area (Å²) in [4.78, 5) is 0. The Labute approximate surface area is 115 Å². The van der Waals surface area contributed by atoms with Gasteiger partial charge in [0, 0.05) is 10.0 Å². The number of benzene rings is 2. The van der Waals surface area contributed by atoms with Crippen molar-refractivity contribution in [2.45, 2.75) is 0 Å². The van der Waals surface area contributed by atoms with Gasteiger partial charge in [0.15, 0.2) is 0 Å². The molecule has 0 saturated heterocycles. The maximum Gasteiger partial charge on any atom is 0.142 e. The van der Waals surface area contributed by atoms with Crippen molar-refractivity contribution in [2.24, 2.45) is 0 Å². The summed E-state index contributed by atoms with van der Waals surface area (Å²) in [7, 11) is 0. The van der Waals surface area contributed by atoms with E-state index in [1.54, 1.807) is 0 Å². The summed E-state index contributed by atoms with van der Waals surface area (Å²) in [5, 5.41) is 0. The molecule has 0 N–H and O–H groups in total. The quantitative estimate of drug-likeness (QED) is 0.591. The van der Waals surface area contributed by atoms with Crippen LogP contribution >= 0.6 is 15.9 Å². The van der Waals surface area contributed by atoms with Gasteiger partial charge in [0.05, 0.1) is 11.8 Å². The van der Waals surface area contributed by atoms with Crippen LogP contribution < -0.4 is 4.74 Å². The first-order chi connectivity index (χ1) is 8.79. The van der Waals surface area contributed by atoms with Gasteiger partial charge in [-0.2, -0.15) is 0 Å². The van der Waals surface area contributed by atoms with Crippen LogP contribution in [0.2, 0.25) is 0 Å². The van der Waals surface area contributed by atoms with Gasteiger partial charge in [-0.15, -0.1) is 0 Å². The summed E-state index contributed by atoms with van der Waals surface area (Å²) < 4.78 is 6.32. The molecule has 0 spiro atoms. The van der Waals surface area contributed by atoms with E-state index in [0.29, 0.717) is 0 Å². The summed E-state index contributed by atoms with van der Waals surface area (Å²) >= 11 is 3.42. The molecule has 2 aromatic rings. The molecule has 0 bridgehead atoms. The smallest absolute Gasteiger partial charge is 0.142 e. The number of rotatable bonds is 2. The van der Waals surface area contributed by atoms with E-state index in [-0.39, 0.29) is 0 Å². The lowest BCUT2D eigenvalue weighted by Crippen LogP contribution is -1.85. The highest BCUT2D eigenvalue weighted by Gasteiger charge is 1.97. The zero-order valence-corrected chi connectivity index (χ0v) is 11.3. The van der Waals surface area contributed by atoms with E-state index in [4.69, 9.17) is 4.74 Å². The minimum atomic E-state index is 0.718. The average Bonchev–Trinajstić information content (AvgIpc) is 2.38. The first-order valence-corrected chi connectivity index (χ1v) is 6.23. The highest BCUT2D eigenvalue weighted by molar-refractivity contribution is 9.10. The molecule has 0 aliphatic rings. The van der Waals surface area contributed by atoms with Crippen molar-refractivity contribution in [1.29, 1.82) is 0 Å². The lowest BCUT2D eigenvalue weighted by atomic mass is 10.1. The second kappa shape index (κ2) is 6.09. The Bertz CT molecular complexity index is 620. The molecule has 2 aromatic carbocycles. The van der Waals surface area contributed by atoms with Crippen LogP contribution in [0.5, 0.6) is 5.75 Å². The minimum Gasteiger partial charge on any atom is -0.464 e. The van der Waals surface area contributed by atoms with Crippen LogP contribution in [0.3, 0.4) is 0 Å². The number of halogens is 1. The summed E-state index contributed by atoms with van der Waals surface area (Å²) in [6.45, 7) is 3.55. The van der Waals surface area contributed by atoms with Crippen molar-refractivity contribution in [3.05, 3.63) is 77.0 Å². The van der Waals surface area contributed by atoms with Gasteiger partial charge < -0.3 is 4.74 Å². The highest BCUT2D eigenvalue weighted by Crippen LogP contribution is 2.17. The van der Waals surface area contributed by atoms with Crippen LogP contribution in [0.1, 0.15) is 11.1 Å². The van der Waals surface area contributed by atoms with Crippen molar-refractivity contribution in [3.63, 3.8) is 0 Å². The fourth-order valence-corrected chi connectivity index (χ4v) is 1.87. The number of para-hydroxylation sites is 1. The molecule has 0 atom stereocenters. The molecule has 0 fully saturated rings. The monoisotopic (exact) mass is 298 g/mol. The molecule has 0 aromatic heterocycles. The standard InChI is InChI=1S/C16H11BrO/c1-2-18-16-9-4-3-7-14(16)11-10-13-6-5-8-15(17)12-13/h2-9,12H,1H2. The van der Waals surface area contributed by atoms with Gasteiger partial charge in [-0.1, -0.05) is 52.5 Å². The van der Waals surface area contributed by atoms with Crippen LogP contribution in [-0.2, 0) is 0 Å². The molecule has 2 rings (SSSR count). The van der Waals surface area contributed by atoms with E-state index in [9.17, 15) is 0 Å². The van der Waals surface area contributed by atoms with E-state index in [1.165, 1.54) is 6.26 Å². The minimum absolute atomic E-state index is 0.718. The molecule has 1 nitrogen and oxygen atoms in total. The molecule has 0 unspecified atom stereocenters. The molecule has 0 aliphatic heterocycles. The van der Waals surface area contributed by atoms with Crippen LogP contribution in [0.4, 0.5) is 0 Å². The topological polar surface area (TPSA) is 9.23 Å². The summed E-state index contributed by atoms with van der Waals surface area (Å²) in [5.74, 6) is 6.92. The summed E-state index contributed by atoms with van der Waals surface area (Å²) in [5.41, 5.74) is 1.80. The molecular weight excluding hydrogens is 288 g/mol. The highest BCUT2D eigenvalue weighted by atomic mass is 79.9. The Morgan fingerprint density at radius 1 is 1.06 bits per heavy atom. The summed E-state index contributed by atoms with van der Waals surface area (Å²) in [6.07, 6.45) is 1.40. The van der Waals surface area contributed by atoms with E-state index in [2.05, 4.69) is 34.3 Å². The lowest BCUT2D eigenvalue weighted by Gasteiger charge is -2.01. The van der Waals surface area contributed by atoms with Crippen molar-refractivity contribution in [1.82, 2.24) is 0 Å². The van der Waals surface area contributed by atoms with Gasteiger partial charge in [-0.3, -0.25) is 0 Å². The largest absolute Gasteiger partial charge is 0.464 e. The maximum atomic E-state index is 5.30. The predicted octanol–water partition coefficient (Wildman–Crippen LogP) is 4.37. The third-order valence-corrected chi connectivity index (χ3v) is 2.76. The Balaban J connectivity index is 2.32. The van der Waals surface area contributed by atoms with Gasteiger partial charge in [0.2, 0.25) is 0 Å². The molecule has 0 radical (unpaired) electrons. The van der Waals surface area contributed by atoms with E-state index >= 15 is 0 Å². The zero-order chi connectivity index (χ0) is 12.8. The Morgan fingerprint density at radius 2 is 1.89 bits per heavy atom. The molecule has 88 valence electrons. The molecule has 0 saturated carbocycles. The van der Waals surface area contributed by atoms with Gasteiger partial charge in [-0.25, -0.2) is 0 Å². The van der Waals surface area contributed by atoms with E-state index in [1.807, 2.05) is 48.5 Å². The molecule has 0 aliphatic carbocycles. The zero-order valence-electron chi connectivity index (χ0n) is 9.69. The van der Waals surface area contributed by atoms with Crippen LogP contribution in [0.15, 0.2) is 65.8 Å².